The normalized spacial score (nSPS) is 17.9. The highest BCUT2D eigenvalue weighted by atomic mass is 16.4. The number of anilines is 1. The lowest BCUT2D eigenvalue weighted by Crippen LogP contribution is -2.34. The Morgan fingerprint density at radius 1 is 1.24 bits per heavy atom. The van der Waals surface area contributed by atoms with Gasteiger partial charge in [-0.2, -0.15) is 5.10 Å². The van der Waals surface area contributed by atoms with Gasteiger partial charge < -0.3 is 9.73 Å². The second-order valence-corrected chi connectivity index (χ2v) is 6.23. The van der Waals surface area contributed by atoms with Gasteiger partial charge in [0.1, 0.15) is 0 Å². The fourth-order valence-corrected chi connectivity index (χ4v) is 3.31. The van der Waals surface area contributed by atoms with E-state index in [4.69, 9.17) is 4.42 Å². The summed E-state index contributed by atoms with van der Waals surface area (Å²) in [6.07, 6.45) is 6.10. The average Bonchev–Trinajstić information content (AvgIpc) is 3.39. The molecule has 0 bridgehead atoms. The van der Waals surface area contributed by atoms with E-state index in [0.717, 1.165) is 24.3 Å². The van der Waals surface area contributed by atoms with Gasteiger partial charge in [0.2, 0.25) is 0 Å². The Morgan fingerprint density at radius 2 is 2.12 bits per heavy atom. The summed E-state index contributed by atoms with van der Waals surface area (Å²) in [5, 5.41) is 15.9. The lowest BCUT2D eigenvalue weighted by atomic mass is 10.2. The van der Waals surface area contributed by atoms with Crippen LogP contribution in [0.5, 0.6) is 0 Å². The van der Waals surface area contributed by atoms with Crippen LogP contribution < -0.4 is 5.32 Å². The summed E-state index contributed by atoms with van der Waals surface area (Å²) >= 11 is 0. The summed E-state index contributed by atoms with van der Waals surface area (Å²) in [5.74, 6) is 0.475. The average molecular weight is 338 g/mol. The second-order valence-electron chi connectivity index (χ2n) is 6.23. The first kappa shape index (κ1) is 15.8. The Morgan fingerprint density at radius 3 is 2.96 bits per heavy atom. The van der Waals surface area contributed by atoms with Gasteiger partial charge in [-0.3, -0.25) is 4.90 Å². The SMILES string of the molecule is CCN1CCCC1CNc1nnc(-c2cnn(-c3ccccc3)c2)o1. The van der Waals surface area contributed by atoms with E-state index in [1.54, 1.807) is 10.9 Å². The van der Waals surface area contributed by atoms with Crippen molar-refractivity contribution in [2.45, 2.75) is 25.8 Å². The fourth-order valence-electron chi connectivity index (χ4n) is 3.31. The fraction of sp³-hybridized carbons (Fsp3) is 0.389. The van der Waals surface area contributed by atoms with Crippen molar-refractivity contribution < 1.29 is 4.42 Å². The molecule has 4 rings (SSSR count). The standard InChI is InChI=1S/C18H22N6O/c1-2-23-10-6-9-16(23)12-19-18-22-21-17(25-18)14-11-20-24(13-14)15-7-4-3-5-8-15/h3-5,7-8,11,13,16H,2,6,9-10,12H2,1H3,(H,19,22). The number of para-hydroxylation sites is 1. The molecule has 1 N–H and O–H groups in total. The Hall–Kier alpha value is -2.67. The van der Waals surface area contributed by atoms with E-state index in [-0.39, 0.29) is 0 Å². The number of rotatable bonds is 6. The molecule has 1 saturated heterocycles. The van der Waals surface area contributed by atoms with Crippen LogP contribution in [0.15, 0.2) is 47.1 Å². The van der Waals surface area contributed by atoms with E-state index < -0.39 is 0 Å². The third-order valence-electron chi connectivity index (χ3n) is 4.67. The molecule has 0 saturated carbocycles. The zero-order valence-electron chi connectivity index (χ0n) is 14.3. The number of likely N-dealkylation sites (N-methyl/N-ethyl adjacent to an activating group) is 1. The van der Waals surface area contributed by atoms with Crippen LogP contribution in [0.1, 0.15) is 19.8 Å². The van der Waals surface area contributed by atoms with E-state index in [1.807, 2.05) is 36.5 Å². The van der Waals surface area contributed by atoms with Gasteiger partial charge in [-0.15, -0.1) is 5.10 Å². The van der Waals surface area contributed by atoms with Crippen molar-refractivity contribution in [3.8, 4) is 17.1 Å². The quantitative estimate of drug-likeness (QED) is 0.745. The number of hydrogen-bond donors (Lipinski definition) is 1. The summed E-state index contributed by atoms with van der Waals surface area (Å²) in [5.41, 5.74) is 1.80. The molecule has 1 atom stereocenters. The maximum atomic E-state index is 5.74. The number of nitrogens with one attached hydrogen (secondary N) is 1. The smallest absolute Gasteiger partial charge is 0.315 e. The number of benzene rings is 1. The van der Waals surface area contributed by atoms with Crippen molar-refractivity contribution in [2.75, 3.05) is 25.0 Å². The predicted octanol–water partition coefficient (Wildman–Crippen LogP) is 2.82. The first-order chi connectivity index (χ1) is 12.3. The second kappa shape index (κ2) is 7.06. The monoisotopic (exact) mass is 338 g/mol. The van der Waals surface area contributed by atoms with E-state index in [0.29, 0.717) is 17.9 Å². The van der Waals surface area contributed by atoms with Crippen LogP contribution in [0, 0.1) is 0 Å². The lowest BCUT2D eigenvalue weighted by molar-refractivity contribution is 0.276. The zero-order valence-corrected chi connectivity index (χ0v) is 14.3. The predicted molar refractivity (Wildman–Crippen MR) is 95.6 cm³/mol. The van der Waals surface area contributed by atoms with Gasteiger partial charge in [-0.1, -0.05) is 30.2 Å². The van der Waals surface area contributed by atoms with Crippen molar-refractivity contribution >= 4 is 6.01 Å². The molecule has 0 spiro atoms. The van der Waals surface area contributed by atoms with Gasteiger partial charge in [0, 0.05) is 18.8 Å². The maximum Gasteiger partial charge on any atom is 0.315 e. The molecule has 7 nitrogen and oxygen atoms in total. The minimum Gasteiger partial charge on any atom is -0.403 e. The lowest BCUT2D eigenvalue weighted by Gasteiger charge is -2.22. The first-order valence-corrected chi connectivity index (χ1v) is 8.75. The molecule has 1 aliphatic heterocycles. The summed E-state index contributed by atoms with van der Waals surface area (Å²) in [7, 11) is 0. The molecule has 3 aromatic rings. The molecular formula is C18H22N6O. The molecule has 0 aliphatic carbocycles. The van der Waals surface area contributed by atoms with Crippen LogP contribution in [-0.4, -0.2) is 50.6 Å². The van der Waals surface area contributed by atoms with E-state index >= 15 is 0 Å². The molecule has 0 radical (unpaired) electrons. The number of hydrogen-bond acceptors (Lipinski definition) is 6. The van der Waals surface area contributed by atoms with Gasteiger partial charge in [0.05, 0.1) is 17.4 Å². The van der Waals surface area contributed by atoms with Gasteiger partial charge in [0.25, 0.3) is 5.89 Å². The highest BCUT2D eigenvalue weighted by Gasteiger charge is 2.23. The molecule has 1 aromatic carbocycles. The topological polar surface area (TPSA) is 72.0 Å². The molecule has 1 unspecified atom stereocenters. The summed E-state index contributed by atoms with van der Waals surface area (Å²) in [6.45, 7) is 5.29. The van der Waals surface area contributed by atoms with Crippen LogP contribution in [0.3, 0.4) is 0 Å². The molecule has 130 valence electrons. The van der Waals surface area contributed by atoms with Crippen molar-refractivity contribution in [1.29, 1.82) is 0 Å². The molecule has 0 amide bonds. The van der Waals surface area contributed by atoms with E-state index in [9.17, 15) is 0 Å². The highest BCUT2D eigenvalue weighted by molar-refractivity contribution is 5.52. The molecule has 1 aliphatic rings. The van der Waals surface area contributed by atoms with Crippen molar-refractivity contribution in [2.24, 2.45) is 0 Å². The first-order valence-electron chi connectivity index (χ1n) is 8.75. The summed E-state index contributed by atoms with van der Waals surface area (Å²) in [6, 6.07) is 10.9. The van der Waals surface area contributed by atoms with Gasteiger partial charge in [0.15, 0.2) is 0 Å². The van der Waals surface area contributed by atoms with Crippen LogP contribution in [0.2, 0.25) is 0 Å². The largest absolute Gasteiger partial charge is 0.403 e. The summed E-state index contributed by atoms with van der Waals surface area (Å²) < 4.78 is 7.54. The highest BCUT2D eigenvalue weighted by Crippen LogP contribution is 2.22. The molecular weight excluding hydrogens is 316 g/mol. The van der Waals surface area contributed by atoms with Gasteiger partial charge in [-0.25, -0.2) is 4.68 Å². The van der Waals surface area contributed by atoms with Crippen molar-refractivity contribution in [1.82, 2.24) is 24.9 Å². The van der Waals surface area contributed by atoms with Gasteiger partial charge in [-0.05, 0) is 38.1 Å². The van der Waals surface area contributed by atoms with Crippen LogP contribution in [0.4, 0.5) is 6.01 Å². The van der Waals surface area contributed by atoms with Crippen molar-refractivity contribution in [3.63, 3.8) is 0 Å². The number of likely N-dealkylation sites (tertiary alicyclic amines) is 1. The van der Waals surface area contributed by atoms with E-state index in [1.165, 1.54) is 19.4 Å². The zero-order chi connectivity index (χ0) is 17.1. The maximum absolute atomic E-state index is 5.74. The number of aromatic nitrogens is 4. The Balaban J connectivity index is 1.42. The van der Waals surface area contributed by atoms with Crippen LogP contribution in [0.25, 0.3) is 17.1 Å². The molecule has 7 heteroatoms. The third-order valence-corrected chi connectivity index (χ3v) is 4.67. The van der Waals surface area contributed by atoms with Crippen LogP contribution >= 0.6 is 0 Å². The van der Waals surface area contributed by atoms with E-state index in [2.05, 4.69) is 32.4 Å². The summed E-state index contributed by atoms with van der Waals surface area (Å²) in [4.78, 5) is 2.48. The molecule has 2 aromatic heterocycles. The Bertz CT molecular complexity index is 812. The molecule has 25 heavy (non-hydrogen) atoms. The minimum absolute atomic E-state index is 0.463. The Kier molecular flexibility index (Phi) is 4.47. The van der Waals surface area contributed by atoms with Gasteiger partial charge >= 0.3 is 6.01 Å². The number of nitrogens with zero attached hydrogens (tertiary/aromatic N) is 5. The molecule has 1 fully saturated rings. The third kappa shape index (κ3) is 3.41. The molecule has 3 heterocycles. The minimum atomic E-state index is 0.463. The van der Waals surface area contributed by atoms with Crippen LogP contribution in [-0.2, 0) is 0 Å². The Labute approximate surface area is 146 Å². The van der Waals surface area contributed by atoms with Crippen molar-refractivity contribution in [3.05, 3.63) is 42.7 Å².